The SMILES string of the molecule is CCNC(=O)NC(=O)CSc1nnc(NCCc2cccs2)s1. The van der Waals surface area contributed by atoms with Crippen molar-refractivity contribution >= 4 is 51.5 Å². The van der Waals surface area contributed by atoms with Crippen LogP contribution >= 0.6 is 34.4 Å². The van der Waals surface area contributed by atoms with Crippen molar-refractivity contribution < 1.29 is 9.59 Å². The van der Waals surface area contributed by atoms with E-state index < -0.39 is 6.03 Å². The molecular formula is C13H17N5O2S3. The minimum Gasteiger partial charge on any atom is -0.360 e. The van der Waals surface area contributed by atoms with Crippen LogP contribution in [-0.4, -0.2) is 41.0 Å². The van der Waals surface area contributed by atoms with E-state index in [1.54, 1.807) is 18.3 Å². The van der Waals surface area contributed by atoms with E-state index in [0.29, 0.717) is 10.9 Å². The molecule has 10 heteroatoms. The third-order valence-corrected chi connectivity index (χ3v) is 5.50. The first-order valence-corrected chi connectivity index (χ1v) is 9.65. The minimum absolute atomic E-state index is 0.126. The zero-order valence-corrected chi connectivity index (χ0v) is 14.9. The Morgan fingerprint density at radius 3 is 2.96 bits per heavy atom. The maximum absolute atomic E-state index is 11.6. The quantitative estimate of drug-likeness (QED) is 0.616. The molecule has 0 aliphatic heterocycles. The molecule has 0 aliphatic rings. The van der Waals surface area contributed by atoms with Crippen LogP contribution in [0.5, 0.6) is 0 Å². The predicted octanol–water partition coefficient (Wildman–Crippen LogP) is 2.19. The van der Waals surface area contributed by atoms with E-state index in [0.717, 1.165) is 18.1 Å². The highest BCUT2D eigenvalue weighted by Gasteiger charge is 2.10. The Morgan fingerprint density at radius 2 is 2.22 bits per heavy atom. The number of carbonyl (C=O) groups is 2. The van der Waals surface area contributed by atoms with Crippen molar-refractivity contribution in [1.29, 1.82) is 0 Å². The highest BCUT2D eigenvalue weighted by molar-refractivity contribution is 8.01. The van der Waals surface area contributed by atoms with Gasteiger partial charge in [-0.1, -0.05) is 29.2 Å². The Morgan fingerprint density at radius 1 is 1.35 bits per heavy atom. The van der Waals surface area contributed by atoms with E-state index in [1.807, 2.05) is 6.07 Å². The number of rotatable bonds is 8. The van der Waals surface area contributed by atoms with Gasteiger partial charge in [0.05, 0.1) is 5.75 Å². The molecule has 2 heterocycles. The summed E-state index contributed by atoms with van der Waals surface area (Å²) < 4.78 is 0.690. The molecular weight excluding hydrogens is 354 g/mol. The second-order valence-electron chi connectivity index (χ2n) is 4.33. The van der Waals surface area contributed by atoms with Crippen molar-refractivity contribution in [2.24, 2.45) is 0 Å². The summed E-state index contributed by atoms with van der Waals surface area (Å²) in [5.74, 6) is -0.232. The van der Waals surface area contributed by atoms with Gasteiger partial charge in [0.1, 0.15) is 0 Å². The number of nitrogens with one attached hydrogen (secondary N) is 3. The van der Waals surface area contributed by atoms with Gasteiger partial charge in [-0.15, -0.1) is 21.5 Å². The molecule has 3 amide bonds. The number of nitrogens with zero attached hydrogens (tertiary/aromatic N) is 2. The molecule has 0 saturated carbocycles. The summed E-state index contributed by atoms with van der Waals surface area (Å²) in [6.07, 6.45) is 0.939. The summed E-state index contributed by atoms with van der Waals surface area (Å²) in [7, 11) is 0. The molecule has 0 spiro atoms. The standard InChI is InChI=1S/C13H17N5O2S3/c1-2-14-11(20)16-10(19)8-22-13-18-17-12(23-13)15-6-5-9-4-3-7-21-9/h3-4,7H,2,5-6,8H2,1H3,(H,15,17)(H2,14,16,19,20). The van der Waals surface area contributed by atoms with E-state index >= 15 is 0 Å². The summed E-state index contributed by atoms with van der Waals surface area (Å²) in [6.45, 7) is 3.05. The van der Waals surface area contributed by atoms with Crippen LogP contribution in [0.3, 0.4) is 0 Å². The average Bonchev–Trinajstić information content (AvgIpc) is 3.17. The van der Waals surface area contributed by atoms with E-state index in [1.165, 1.54) is 28.0 Å². The maximum Gasteiger partial charge on any atom is 0.321 e. The van der Waals surface area contributed by atoms with Gasteiger partial charge in [0.15, 0.2) is 4.34 Å². The van der Waals surface area contributed by atoms with Gasteiger partial charge in [0, 0.05) is 18.0 Å². The van der Waals surface area contributed by atoms with Crippen LogP contribution in [0.25, 0.3) is 0 Å². The summed E-state index contributed by atoms with van der Waals surface area (Å²) in [4.78, 5) is 24.1. The molecule has 7 nitrogen and oxygen atoms in total. The Kier molecular flexibility index (Phi) is 7.30. The molecule has 0 aromatic carbocycles. The number of amides is 3. The van der Waals surface area contributed by atoms with Gasteiger partial charge in [-0.25, -0.2) is 4.79 Å². The number of thioether (sulfide) groups is 1. The lowest BCUT2D eigenvalue weighted by Crippen LogP contribution is -2.40. The fourth-order valence-electron chi connectivity index (χ4n) is 1.58. The molecule has 0 fully saturated rings. The van der Waals surface area contributed by atoms with Gasteiger partial charge in [0.2, 0.25) is 11.0 Å². The van der Waals surface area contributed by atoms with Gasteiger partial charge in [-0.05, 0) is 24.8 Å². The second-order valence-corrected chi connectivity index (χ2v) is 7.56. The molecule has 23 heavy (non-hydrogen) atoms. The van der Waals surface area contributed by atoms with Crippen molar-refractivity contribution in [1.82, 2.24) is 20.8 Å². The number of hydrogen-bond acceptors (Lipinski definition) is 8. The Balaban J connectivity index is 1.67. The third kappa shape index (κ3) is 6.55. The monoisotopic (exact) mass is 371 g/mol. The third-order valence-electron chi connectivity index (χ3n) is 2.55. The molecule has 3 N–H and O–H groups in total. The molecule has 0 saturated heterocycles. The van der Waals surface area contributed by atoms with Crippen LogP contribution in [0.4, 0.5) is 9.93 Å². The predicted molar refractivity (Wildman–Crippen MR) is 94.4 cm³/mol. The van der Waals surface area contributed by atoms with Gasteiger partial charge < -0.3 is 10.6 Å². The number of urea groups is 1. The van der Waals surface area contributed by atoms with Crippen LogP contribution < -0.4 is 16.0 Å². The molecule has 2 aromatic rings. The van der Waals surface area contributed by atoms with Crippen molar-refractivity contribution in [2.75, 3.05) is 24.2 Å². The van der Waals surface area contributed by atoms with E-state index in [4.69, 9.17) is 0 Å². The summed E-state index contributed by atoms with van der Waals surface area (Å²) in [6, 6.07) is 3.65. The van der Waals surface area contributed by atoms with Crippen molar-refractivity contribution in [2.45, 2.75) is 17.7 Å². The Labute approximate surface area is 146 Å². The van der Waals surface area contributed by atoms with Gasteiger partial charge in [0.25, 0.3) is 0 Å². The number of hydrogen-bond donors (Lipinski definition) is 3. The Hall–Kier alpha value is -1.65. The molecule has 0 radical (unpaired) electrons. The molecule has 2 aromatic heterocycles. The largest absolute Gasteiger partial charge is 0.360 e. The van der Waals surface area contributed by atoms with E-state index in [9.17, 15) is 9.59 Å². The average molecular weight is 372 g/mol. The van der Waals surface area contributed by atoms with Crippen LogP contribution in [0.1, 0.15) is 11.8 Å². The van der Waals surface area contributed by atoms with E-state index in [-0.39, 0.29) is 11.7 Å². The molecule has 0 atom stereocenters. The van der Waals surface area contributed by atoms with Crippen molar-refractivity contribution in [3.8, 4) is 0 Å². The summed E-state index contributed by atoms with van der Waals surface area (Å²) >= 11 is 4.38. The van der Waals surface area contributed by atoms with Crippen LogP contribution in [0.15, 0.2) is 21.9 Å². The lowest BCUT2D eigenvalue weighted by atomic mass is 10.3. The maximum atomic E-state index is 11.6. The Bertz CT molecular complexity index is 629. The smallest absolute Gasteiger partial charge is 0.321 e. The highest BCUT2D eigenvalue weighted by atomic mass is 32.2. The highest BCUT2D eigenvalue weighted by Crippen LogP contribution is 2.25. The van der Waals surface area contributed by atoms with Gasteiger partial charge >= 0.3 is 6.03 Å². The number of imide groups is 1. The number of thiophene rings is 1. The normalized spacial score (nSPS) is 10.3. The molecule has 2 rings (SSSR count). The number of aromatic nitrogens is 2. The molecule has 0 unspecified atom stereocenters. The first-order valence-electron chi connectivity index (χ1n) is 6.97. The second kappa shape index (κ2) is 9.48. The number of anilines is 1. The molecule has 0 aliphatic carbocycles. The summed E-state index contributed by atoms with van der Waals surface area (Å²) in [5, 5.41) is 18.8. The van der Waals surface area contributed by atoms with Crippen LogP contribution in [0.2, 0.25) is 0 Å². The first-order chi connectivity index (χ1) is 11.2. The van der Waals surface area contributed by atoms with Crippen molar-refractivity contribution in [3.05, 3.63) is 22.4 Å². The van der Waals surface area contributed by atoms with Crippen molar-refractivity contribution in [3.63, 3.8) is 0 Å². The topological polar surface area (TPSA) is 96.0 Å². The van der Waals surface area contributed by atoms with Gasteiger partial charge in [-0.2, -0.15) is 0 Å². The van der Waals surface area contributed by atoms with Crippen LogP contribution in [0, 0.1) is 0 Å². The summed E-state index contributed by atoms with van der Waals surface area (Å²) in [5.41, 5.74) is 0. The molecule has 0 bridgehead atoms. The molecule has 124 valence electrons. The fraction of sp³-hybridized carbons (Fsp3) is 0.385. The lowest BCUT2D eigenvalue weighted by molar-refractivity contribution is -0.117. The zero-order valence-electron chi connectivity index (χ0n) is 12.5. The lowest BCUT2D eigenvalue weighted by Gasteiger charge is -2.02. The van der Waals surface area contributed by atoms with E-state index in [2.05, 4.69) is 37.6 Å². The number of carbonyl (C=O) groups excluding carboxylic acids is 2. The van der Waals surface area contributed by atoms with Crippen LogP contribution in [-0.2, 0) is 11.2 Å². The first kappa shape index (κ1) is 17.7. The minimum atomic E-state index is -0.480. The van der Waals surface area contributed by atoms with Gasteiger partial charge in [-0.3, -0.25) is 10.1 Å². The zero-order chi connectivity index (χ0) is 16.5. The fourth-order valence-corrected chi connectivity index (χ4v) is 3.87.